The van der Waals surface area contributed by atoms with Crippen LogP contribution in [-0.4, -0.2) is 25.6 Å². The number of rotatable bonds is 6. The third kappa shape index (κ3) is 4.26. The highest BCUT2D eigenvalue weighted by molar-refractivity contribution is 6.31. The van der Waals surface area contributed by atoms with Gasteiger partial charge < -0.3 is 10.1 Å². The molecule has 0 aliphatic rings. The highest BCUT2D eigenvalue weighted by Gasteiger charge is 2.08. The second-order valence-electron chi connectivity index (χ2n) is 3.38. The standard InChI is InChI=1S/C11H14Cl2FNO/c1-16-7-8(12)5-15-6-9-10(13)3-2-4-11(9)14/h2-4,8,15H,5-7H2,1H3. The molecule has 0 bridgehead atoms. The minimum Gasteiger partial charge on any atom is -0.383 e. The van der Waals surface area contributed by atoms with Crippen LogP contribution in [0.2, 0.25) is 5.02 Å². The summed E-state index contributed by atoms with van der Waals surface area (Å²) in [4.78, 5) is 0. The van der Waals surface area contributed by atoms with Crippen molar-refractivity contribution in [3.63, 3.8) is 0 Å². The van der Waals surface area contributed by atoms with E-state index in [0.717, 1.165) is 0 Å². The van der Waals surface area contributed by atoms with E-state index >= 15 is 0 Å². The maximum absolute atomic E-state index is 13.3. The summed E-state index contributed by atoms with van der Waals surface area (Å²) in [5, 5.41) is 3.32. The van der Waals surface area contributed by atoms with Crippen molar-refractivity contribution >= 4 is 23.2 Å². The molecule has 0 aromatic heterocycles. The first-order chi connectivity index (χ1) is 7.65. The molecule has 0 heterocycles. The lowest BCUT2D eigenvalue weighted by atomic mass is 10.2. The molecule has 0 fully saturated rings. The van der Waals surface area contributed by atoms with Gasteiger partial charge >= 0.3 is 0 Å². The lowest BCUT2D eigenvalue weighted by molar-refractivity contribution is 0.197. The fraction of sp³-hybridized carbons (Fsp3) is 0.455. The van der Waals surface area contributed by atoms with Crippen molar-refractivity contribution in [2.45, 2.75) is 11.9 Å². The molecule has 0 saturated carbocycles. The smallest absolute Gasteiger partial charge is 0.129 e. The normalized spacial score (nSPS) is 12.8. The lowest BCUT2D eigenvalue weighted by Gasteiger charge is -2.11. The van der Waals surface area contributed by atoms with Gasteiger partial charge in [-0.25, -0.2) is 4.39 Å². The number of halogens is 3. The summed E-state index contributed by atoms with van der Waals surface area (Å²) in [6.07, 6.45) is 0. The van der Waals surface area contributed by atoms with Gasteiger partial charge in [0.1, 0.15) is 5.82 Å². The minimum absolute atomic E-state index is 0.129. The average molecular weight is 266 g/mol. The summed E-state index contributed by atoms with van der Waals surface area (Å²) >= 11 is 11.8. The molecule has 1 aromatic carbocycles. The average Bonchev–Trinajstić information content (AvgIpc) is 2.23. The molecule has 16 heavy (non-hydrogen) atoms. The molecule has 1 aromatic rings. The van der Waals surface area contributed by atoms with Gasteiger partial charge in [0.15, 0.2) is 0 Å². The first-order valence-corrected chi connectivity index (χ1v) is 5.73. The molecule has 1 rings (SSSR count). The van der Waals surface area contributed by atoms with Gasteiger partial charge in [-0.15, -0.1) is 11.6 Å². The van der Waals surface area contributed by atoms with Gasteiger partial charge in [-0.1, -0.05) is 17.7 Å². The molecule has 0 aliphatic heterocycles. The first-order valence-electron chi connectivity index (χ1n) is 4.91. The molecule has 0 aliphatic carbocycles. The van der Waals surface area contributed by atoms with Crippen LogP contribution in [0, 0.1) is 5.82 Å². The maximum Gasteiger partial charge on any atom is 0.129 e. The minimum atomic E-state index is -0.308. The molecule has 0 radical (unpaired) electrons. The second kappa shape index (κ2) is 7.07. The summed E-state index contributed by atoms with van der Waals surface area (Å²) in [7, 11) is 1.59. The molecular weight excluding hydrogens is 252 g/mol. The maximum atomic E-state index is 13.3. The summed E-state index contributed by atoms with van der Waals surface area (Å²) in [5.74, 6) is -0.308. The Labute approximate surface area is 105 Å². The third-order valence-electron chi connectivity index (χ3n) is 2.08. The fourth-order valence-corrected chi connectivity index (χ4v) is 1.76. The van der Waals surface area contributed by atoms with Crippen molar-refractivity contribution < 1.29 is 9.13 Å². The van der Waals surface area contributed by atoms with E-state index in [4.69, 9.17) is 27.9 Å². The Hall–Kier alpha value is -0.350. The molecule has 2 nitrogen and oxygen atoms in total. The molecule has 1 atom stereocenters. The number of nitrogens with one attached hydrogen (secondary N) is 1. The lowest BCUT2D eigenvalue weighted by Crippen LogP contribution is -2.26. The van der Waals surface area contributed by atoms with Crippen LogP contribution in [0.15, 0.2) is 18.2 Å². The van der Waals surface area contributed by atoms with E-state index in [1.54, 1.807) is 19.2 Å². The monoisotopic (exact) mass is 265 g/mol. The SMILES string of the molecule is COCC(Cl)CNCc1c(F)cccc1Cl. The number of hydrogen-bond donors (Lipinski definition) is 1. The first kappa shape index (κ1) is 13.7. The molecule has 5 heteroatoms. The molecule has 1 N–H and O–H groups in total. The topological polar surface area (TPSA) is 21.3 Å². The zero-order valence-corrected chi connectivity index (χ0v) is 10.5. The van der Waals surface area contributed by atoms with Gasteiger partial charge in [0.05, 0.1) is 12.0 Å². The number of ether oxygens (including phenoxy) is 1. The summed E-state index contributed by atoms with van der Waals surface area (Å²) < 4.78 is 18.2. The zero-order valence-electron chi connectivity index (χ0n) is 8.97. The van der Waals surface area contributed by atoms with Gasteiger partial charge in [-0.2, -0.15) is 0 Å². The molecular formula is C11H14Cl2FNO. The van der Waals surface area contributed by atoms with Crippen LogP contribution in [0.5, 0.6) is 0 Å². The van der Waals surface area contributed by atoms with E-state index in [1.165, 1.54) is 6.07 Å². The Balaban J connectivity index is 2.43. The number of benzene rings is 1. The highest BCUT2D eigenvalue weighted by atomic mass is 35.5. The van der Waals surface area contributed by atoms with Gasteiger partial charge in [-0.05, 0) is 12.1 Å². The predicted molar refractivity (Wildman–Crippen MR) is 64.6 cm³/mol. The molecule has 0 spiro atoms. The molecule has 0 saturated heterocycles. The van der Waals surface area contributed by atoms with Crippen LogP contribution in [0.4, 0.5) is 4.39 Å². The third-order valence-corrected chi connectivity index (χ3v) is 2.71. The highest BCUT2D eigenvalue weighted by Crippen LogP contribution is 2.18. The van der Waals surface area contributed by atoms with Crippen LogP contribution in [0.25, 0.3) is 0 Å². The van der Waals surface area contributed by atoms with E-state index in [-0.39, 0.29) is 11.2 Å². The number of methoxy groups -OCH3 is 1. The number of hydrogen-bond acceptors (Lipinski definition) is 2. The number of alkyl halides is 1. The van der Waals surface area contributed by atoms with E-state index in [1.807, 2.05) is 0 Å². The Bertz CT molecular complexity index is 316. The van der Waals surface area contributed by atoms with Crippen LogP contribution in [-0.2, 0) is 11.3 Å². The Kier molecular flexibility index (Phi) is 6.06. The van der Waals surface area contributed by atoms with E-state index in [9.17, 15) is 4.39 Å². The molecule has 1 unspecified atom stereocenters. The summed E-state index contributed by atoms with van der Waals surface area (Å²) in [6.45, 7) is 1.36. The fourth-order valence-electron chi connectivity index (χ4n) is 1.29. The van der Waals surface area contributed by atoms with E-state index in [2.05, 4.69) is 5.32 Å². The van der Waals surface area contributed by atoms with Gasteiger partial charge in [0, 0.05) is 30.8 Å². The van der Waals surface area contributed by atoms with Crippen LogP contribution >= 0.6 is 23.2 Å². The van der Waals surface area contributed by atoms with Crippen molar-refractivity contribution in [2.75, 3.05) is 20.3 Å². The summed E-state index contributed by atoms with van der Waals surface area (Å²) in [6, 6.07) is 4.63. The quantitative estimate of drug-likeness (QED) is 0.799. The second-order valence-corrected chi connectivity index (χ2v) is 4.41. The molecule has 90 valence electrons. The van der Waals surface area contributed by atoms with Crippen molar-refractivity contribution in [3.05, 3.63) is 34.6 Å². The molecule has 0 amide bonds. The summed E-state index contributed by atoms with van der Waals surface area (Å²) in [5.41, 5.74) is 0.463. The van der Waals surface area contributed by atoms with Crippen LogP contribution in [0.1, 0.15) is 5.56 Å². The van der Waals surface area contributed by atoms with Crippen molar-refractivity contribution in [1.29, 1.82) is 0 Å². The zero-order chi connectivity index (χ0) is 12.0. The van der Waals surface area contributed by atoms with Gasteiger partial charge in [0.25, 0.3) is 0 Å². The van der Waals surface area contributed by atoms with Gasteiger partial charge in [0.2, 0.25) is 0 Å². The Morgan fingerprint density at radius 2 is 2.25 bits per heavy atom. The van der Waals surface area contributed by atoms with Crippen molar-refractivity contribution in [3.8, 4) is 0 Å². The van der Waals surface area contributed by atoms with Crippen molar-refractivity contribution in [1.82, 2.24) is 5.32 Å². The van der Waals surface area contributed by atoms with E-state index < -0.39 is 0 Å². The van der Waals surface area contributed by atoms with Crippen molar-refractivity contribution in [2.24, 2.45) is 0 Å². The van der Waals surface area contributed by atoms with E-state index in [0.29, 0.717) is 30.3 Å². The Morgan fingerprint density at radius 3 is 2.88 bits per heavy atom. The van der Waals surface area contributed by atoms with Crippen LogP contribution in [0.3, 0.4) is 0 Å². The largest absolute Gasteiger partial charge is 0.383 e. The van der Waals surface area contributed by atoms with Gasteiger partial charge in [-0.3, -0.25) is 0 Å². The predicted octanol–water partition coefficient (Wildman–Crippen LogP) is 2.82. The Morgan fingerprint density at radius 1 is 1.50 bits per heavy atom. The van der Waals surface area contributed by atoms with Crippen LogP contribution < -0.4 is 5.32 Å².